The molecule has 0 radical (unpaired) electrons. The first-order valence-corrected chi connectivity index (χ1v) is 7.51. The molecule has 0 unspecified atom stereocenters. The molecule has 1 N–H and O–H groups in total. The van der Waals surface area contributed by atoms with Gasteiger partial charge in [-0.25, -0.2) is 0 Å². The summed E-state index contributed by atoms with van der Waals surface area (Å²) in [5.74, 6) is 1.74. The lowest BCUT2D eigenvalue weighted by Gasteiger charge is -2.39. The molecule has 0 amide bonds. The van der Waals surface area contributed by atoms with E-state index < -0.39 is 0 Å². The number of hydrogen-bond donors (Lipinski definition) is 1. The van der Waals surface area contributed by atoms with Gasteiger partial charge in [0.25, 0.3) is 0 Å². The van der Waals surface area contributed by atoms with E-state index >= 15 is 0 Å². The van der Waals surface area contributed by atoms with Crippen LogP contribution in [0, 0.1) is 11.8 Å². The molecule has 1 heterocycles. The summed E-state index contributed by atoms with van der Waals surface area (Å²) in [6.45, 7) is 7.44. The van der Waals surface area contributed by atoms with E-state index in [9.17, 15) is 0 Å². The highest BCUT2D eigenvalue weighted by molar-refractivity contribution is 4.88. The predicted octanol–water partition coefficient (Wildman–Crippen LogP) is 2.60. The fourth-order valence-electron chi connectivity index (χ4n) is 3.26. The van der Waals surface area contributed by atoms with Crippen molar-refractivity contribution in [3.8, 4) is 0 Å². The second-order valence-electron chi connectivity index (χ2n) is 6.34. The Hall–Kier alpha value is -0.120. The van der Waals surface area contributed by atoms with E-state index in [1.165, 1.54) is 19.3 Å². The van der Waals surface area contributed by atoms with Gasteiger partial charge in [-0.2, -0.15) is 0 Å². The van der Waals surface area contributed by atoms with Crippen LogP contribution in [-0.2, 0) is 9.47 Å². The lowest BCUT2D eigenvalue weighted by molar-refractivity contribution is -0.0893. The zero-order chi connectivity index (χ0) is 13.0. The van der Waals surface area contributed by atoms with Crippen molar-refractivity contribution in [3.63, 3.8) is 0 Å². The van der Waals surface area contributed by atoms with Gasteiger partial charge in [-0.1, -0.05) is 13.8 Å². The zero-order valence-electron chi connectivity index (χ0n) is 12.2. The highest BCUT2D eigenvalue weighted by atomic mass is 16.5. The van der Waals surface area contributed by atoms with Gasteiger partial charge in [0.05, 0.1) is 5.60 Å². The van der Waals surface area contributed by atoms with Crippen LogP contribution >= 0.6 is 0 Å². The average Bonchev–Trinajstić information content (AvgIpc) is 2.41. The van der Waals surface area contributed by atoms with Gasteiger partial charge in [0.15, 0.2) is 0 Å². The molecule has 0 aromatic rings. The Kier molecular flexibility index (Phi) is 5.05. The van der Waals surface area contributed by atoms with E-state index in [0.29, 0.717) is 6.04 Å². The standard InChI is InChI=1S/C15H29NO2/c1-12-4-5-14(10-13(12)2)16-11-15(17-3)6-8-18-9-7-15/h12-14,16H,4-11H2,1-3H3/t12-,13+,14+/m0/s1. The van der Waals surface area contributed by atoms with Crippen LogP contribution in [0.2, 0.25) is 0 Å². The Balaban J connectivity index is 1.79. The number of nitrogens with one attached hydrogen (secondary N) is 1. The Bertz CT molecular complexity index is 251. The SMILES string of the molecule is COC1(CN[C@@H]2CC[C@H](C)[C@H](C)C2)CCOCC1. The molecule has 0 aromatic carbocycles. The molecule has 2 aliphatic rings. The van der Waals surface area contributed by atoms with Crippen molar-refractivity contribution in [3.05, 3.63) is 0 Å². The molecule has 3 nitrogen and oxygen atoms in total. The fraction of sp³-hybridized carbons (Fsp3) is 1.00. The third-order valence-corrected chi connectivity index (χ3v) is 5.15. The maximum absolute atomic E-state index is 5.78. The van der Waals surface area contributed by atoms with Crippen LogP contribution in [0.5, 0.6) is 0 Å². The summed E-state index contributed by atoms with van der Waals surface area (Å²) in [4.78, 5) is 0. The smallest absolute Gasteiger partial charge is 0.0846 e. The van der Waals surface area contributed by atoms with Crippen molar-refractivity contribution < 1.29 is 9.47 Å². The van der Waals surface area contributed by atoms with Crippen molar-refractivity contribution in [2.24, 2.45) is 11.8 Å². The summed E-state index contributed by atoms with van der Waals surface area (Å²) in [5, 5.41) is 3.75. The number of hydrogen-bond acceptors (Lipinski definition) is 3. The second-order valence-corrected chi connectivity index (χ2v) is 6.34. The third-order valence-electron chi connectivity index (χ3n) is 5.15. The van der Waals surface area contributed by atoms with Crippen molar-refractivity contribution in [2.45, 2.75) is 57.6 Å². The molecular weight excluding hydrogens is 226 g/mol. The van der Waals surface area contributed by atoms with Crippen LogP contribution < -0.4 is 5.32 Å². The van der Waals surface area contributed by atoms with Crippen LogP contribution in [0.1, 0.15) is 46.0 Å². The van der Waals surface area contributed by atoms with E-state index in [-0.39, 0.29) is 5.60 Å². The molecule has 106 valence electrons. The van der Waals surface area contributed by atoms with Gasteiger partial charge in [-0.05, 0) is 31.1 Å². The Labute approximate surface area is 112 Å². The molecular formula is C15H29NO2. The summed E-state index contributed by atoms with van der Waals surface area (Å²) in [6.07, 6.45) is 6.05. The third kappa shape index (κ3) is 3.46. The normalized spacial score (nSPS) is 36.5. The monoisotopic (exact) mass is 255 g/mol. The first kappa shape index (κ1) is 14.3. The maximum Gasteiger partial charge on any atom is 0.0846 e. The van der Waals surface area contributed by atoms with Crippen LogP contribution in [0.3, 0.4) is 0 Å². The number of rotatable bonds is 4. The van der Waals surface area contributed by atoms with Crippen LogP contribution in [0.4, 0.5) is 0 Å². The molecule has 0 bridgehead atoms. The van der Waals surface area contributed by atoms with Crippen molar-refractivity contribution in [1.29, 1.82) is 0 Å². The molecule has 2 rings (SSSR count). The number of methoxy groups -OCH3 is 1. The highest BCUT2D eigenvalue weighted by Crippen LogP contribution is 2.30. The van der Waals surface area contributed by atoms with Gasteiger partial charge in [0, 0.05) is 45.8 Å². The summed E-state index contributed by atoms with van der Waals surface area (Å²) in [5.41, 5.74) is 0.0184. The van der Waals surface area contributed by atoms with Crippen LogP contribution in [0.25, 0.3) is 0 Å². The van der Waals surface area contributed by atoms with Gasteiger partial charge in [-0.15, -0.1) is 0 Å². The molecule has 1 saturated heterocycles. The molecule has 0 aromatic heterocycles. The maximum atomic E-state index is 5.78. The van der Waals surface area contributed by atoms with Crippen LogP contribution in [0.15, 0.2) is 0 Å². The van der Waals surface area contributed by atoms with E-state index in [2.05, 4.69) is 19.2 Å². The largest absolute Gasteiger partial charge is 0.381 e. The minimum absolute atomic E-state index is 0.0184. The van der Waals surface area contributed by atoms with Crippen molar-refractivity contribution >= 4 is 0 Å². The van der Waals surface area contributed by atoms with Crippen molar-refractivity contribution in [1.82, 2.24) is 5.32 Å². The number of ether oxygens (including phenoxy) is 2. The minimum atomic E-state index is 0.0184. The van der Waals surface area contributed by atoms with E-state index in [1.807, 2.05) is 7.11 Å². The van der Waals surface area contributed by atoms with Gasteiger partial charge in [0.2, 0.25) is 0 Å². The van der Waals surface area contributed by atoms with E-state index in [1.54, 1.807) is 0 Å². The molecule has 18 heavy (non-hydrogen) atoms. The lowest BCUT2D eigenvalue weighted by Crippen LogP contribution is -2.50. The summed E-state index contributed by atoms with van der Waals surface area (Å²) in [6, 6.07) is 0.686. The molecule has 1 aliphatic heterocycles. The van der Waals surface area contributed by atoms with Crippen LogP contribution in [-0.4, -0.2) is 38.5 Å². The topological polar surface area (TPSA) is 30.5 Å². The van der Waals surface area contributed by atoms with Gasteiger partial charge in [-0.3, -0.25) is 0 Å². The van der Waals surface area contributed by atoms with E-state index in [0.717, 1.165) is 44.4 Å². The van der Waals surface area contributed by atoms with Gasteiger partial charge >= 0.3 is 0 Å². The minimum Gasteiger partial charge on any atom is -0.381 e. The van der Waals surface area contributed by atoms with Gasteiger partial charge in [0.1, 0.15) is 0 Å². The second kappa shape index (κ2) is 6.36. The molecule has 2 fully saturated rings. The van der Waals surface area contributed by atoms with E-state index in [4.69, 9.17) is 9.47 Å². The molecule has 1 aliphatic carbocycles. The summed E-state index contributed by atoms with van der Waals surface area (Å²) in [7, 11) is 1.85. The average molecular weight is 255 g/mol. The fourth-order valence-corrected chi connectivity index (χ4v) is 3.26. The molecule has 3 atom stereocenters. The molecule has 1 saturated carbocycles. The quantitative estimate of drug-likeness (QED) is 0.837. The molecule has 0 spiro atoms. The molecule has 3 heteroatoms. The summed E-state index contributed by atoms with van der Waals surface area (Å²) >= 11 is 0. The lowest BCUT2D eigenvalue weighted by atomic mass is 9.79. The van der Waals surface area contributed by atoms with Crippen molar-refractivity contribution in [2.75, 3.05) is 26.9 Å². The zero-order valence-corrected chi connectivity index (χ0v) is 12.2. The first-order chi connectivity index (χ1) is 8.65. The Morgan fingerprint density at radius 1 is 1.17 bits per heavy atom. The summed E-state index contributed by atoms with van der Waals surface area (Å²) < 4.78 is 11.2. The predicted molar refractivity (Wildman–Crippen MR) is 73.8 cm³/mol. The van der Waals surface area contributed by atoms with Gasteiger partial charge < -0.3 is 14.8 Å². The highest BCUT2D eigenvalue weighted by Gasteiger charge is 2.33. The Morgan fingerprint density at radius 3 is 2.50 bits per heavy atom. The Morgan fingerprint density at radius 2 is 1.89 bits per heavy atom. The first-order valence-electron chi connectivity index (χ1n) is 7.51.